The molecule has 0 aliphatic carbocycles. The van der Waals surface area contributed by atoms with Crippen LogP contribution in [-0.4, -0.2) is 42.7 Å². The maximum absolute atomic E-state index is 12.1. The Morgan fingerprint density at radius 2 is 2.32 bits per heavy atom. The minimum Gasteiger partial charge on any atom is -0.320 e. The summed E-state index contributed by atoms with van der Waals surface area (Å²) in [4.78, 5) is 17.5. The SMILES string of the molecule is NS(=O)(=O)CC1CCCN1C(=O)Nc1ccccn1. The number of hydrogen-bond acceptors (Lipinski definition) is 4. The van der Waals surface area contributed by atoms with Gasteiger partial charge in [-0.05, 0) is 25.0 Å². The number of carbonyl (C=O) groups is 1. The Labute approximate surface area is 111 Å². The number of nitrogens with two attached hydrogens (primary N) is 1. The summed E-state index contributed by atoms with van der Waals surface area (Å²) in [6, 6.07) is 4.47. The van der Waals surface area contributed by atoms with E-state index in [2.05, 4.69) is 10.3 Å². The number of primary sulfonamides is 1. The zero-order chi connectivity index (χ0) is 13.9. The summed E-state index contributed by atoms with van der Waals surface area (Å²) < 4.78 is 22.2. The van der Waals surface area contributed by atoms with Gasteiger partial charge in [0.05, 0.1) is 5.75 Å². The lowest BCUT2D eigenvalue weighted by atomic mass is 10.2. The van der Waals surface area contributed by atoms with Crippen LogP contribution in [0.5, 0.6) is 0 Å². The molecular formula is C11H16N4O3S. The van der Waals surface area contributed by atoms with Crippen molar-refractivity contribution in [2.75, 3.05) is 17.6 Å². The number of nitrogens with one attached hydrogen (secondary N) is 1. The van der Waals surface area contributed by atoms with Crippen molar-refractivity contribution in [3.63, 3.8) is 0 Å². The number of urea groups is 1. The third-order valence-corrected chi connectivity index (χ3v) is 3.81. The molecule has 1 saturated heterocycles. The standard InChI is InChI=1S/C11H16N4O3S/c12-19(17,18)8-9-4-3-7-15(9)11(16)14-10-5-1-2-6-13-10/h1-2,5-6,9H,3-4,7-8H2,(H2,12,17,18)(H,13,14,16). The van der Waals surface area contributed by atoms with Gasteiger partial charge in [0.25, 0.3) is 0 Å². The first-order valence-electron chi connectivity index (χ1n) is 5.95. The molecule has 1 aromatic rings. The number of carbonyl (C=O) groups excluding carboxylic acids is 1. The molecule has 7 nitrogen and oxygen atoms in total. The molecule has 1 aromatic heterocycles. The lowest BCUT2D eigenvalue weighted by Gasteiger charge is -2.23. The molecule has 0 spiro atoms. The highest BCUT2D eigenvalue weighted by Crippen LogP contribution is 2.19. The monoisotopic (exact) mass is 284 g/mol. The highest BCUT2D eigenvalue weighted by molar-refractivity contribution is 7.89. The molecule has 104 valence electrons. The van der Waals surface area contributed by atoms with Gasteiger partial charge in [0, 0.05) is 18.8 Å². The number of hydrogen-bond donors (Lipinski definition) is 2. The van der Waals surface area contributed by atoms with Crippen LogP contribution in [0, 0.1) is 0 Å². The summed E-state index contributed by atoms with van der Waals surface area (Å²) in [5.41, 5.74) is 0. The average molecular weight is 284 g/mol. The van der Waals surface area contributed by atoms with E-state index in [1.807, 2.05) is 0 Å². The molecule has 1 aliphatic heterocycles. The number of pyridine rings is 1. The first-order valence-corrected chi connectivity index (χ1v) is 7.66. The second-order valence-corrected chi connectivity index (χ2v) is 6.12. The summed E-state index contributed by atoms with van der Waals surface area (Å²) in [6.45, 7) is 0.527. The topological polar surface area (TPSA) is 105 Å². The van der Waals surface area contributed by atoms with Gasteiger partial charge in [0.15, 0.2) is 0 Å². The van der Waals surface area contributed by atoms with Gasteiger partial charge in [0.1, 0.15) is 5.82 Å². The van der Waals surface area contributed by atoms with Gasteiger partial charge in [-0.3, -0.25) is 5.32 Å². The van der Waals surface area contributed by atoms with Crippen molar-refractivity contribution in [3.8, 4) is 0 Å². The van der Waals surface area contributed by atoms with E-state index in [-0.39, 0.29) is 17.8 Å². The minimum absolute atomic E-state index is 0.206. The second-order valence-electron chi connectivity index (χ2n) is 4.46. The van der Waals surface area contributed by atoms with E-state index in [1.165, 1.54) is 4.90 Å². The molecule has 1 unspecified atom stereocenters. The van der Waals surface area contributed by atoms with Crippen LogP contribution in [0.25, 0.3) is 0 Å². The fourth-order valence-electron chi connectivity index (χ4n) is 2.16. The van der Waals surface area contributed by atoms with Crippen LogP contribution in [0.2, 0.25) is 0 Å². The summed E-state index contributed by atoms with van der Waals surface area (Å²) in [5, 5.41) is 7.67. The van der Waals surface area contributed by atoms with Gasteiger partial charge >= 0.3 is 6.03 Å². The number of amides is 2. The van der Waals surface area contributed by atoms with Crippen molar-refractivity contribution in [1.82, 2.24) is 9.88 Å². The predicted octanol–water partition coefficient (Wildman–Crippen LogP) is 0.366. The highest BCUT2D eigenvalue weighted by Gasteiger charge is 2.31. The third kappa shape index (κ3) is 3.90. The van der Waals surface area contributed by atoms with Gasteiger partial charge in [-0.1, -0.05) is 6.07 Å². The van der Waals surface area contributed by atoms with E-state index in [0.29, 0.717) is 18.8 Å². The van der Waals surface area contributed by atoms with Crippen molar-refractivity contribution in [3.05, 3.63) is 24.4 Å². The summed E-state index contributed by atoms with van der Waals surface area (Å²) in [7, 11) is -3.58. The summed E-state index contributed by atoms with van der Waals surface area (Å²) in [5.74, 6) is 0.233. The van der Waals surface area contributed by atoms with E-state index in [9.17, 15) is 13.2 Å². The van der Waals surface area contributed by atoms with E-state index >= 15 is 0 Å². The molecule has 0 bridgehead atoms. The zero-order valence-electron chi connectivity index (χ0n) is 10.3. The molecule has 2 heterocycles. The predicted molar refractivity (Wildman–Crippen MR) is 71.0 cm³/mol. The number of rotatable bonds is 3. The van der Waals surface area contributed by atoms with Crippen LogP contribution in [0.15, 0.2) is 24.4 Å². The number of sulfonamides is 1. The van der Waals surface area contributed by atoms with Crippen LogP contribution < -0.4 is 10.5 Å². The lowest BCUT2D eigenvalue weighted by Crippen LogP contribution is -2.43. The van der Waals surface area contributed by atoms with Crippen LogP contribution in [-0.2, 0) is 10.0 Å². The smallest absolute Gasteiger partial charge is 0.320 e. The maximum Gasteiger partial charge on any atom is 0.323 e. The van der Waals surface area contributed by atoms with Crippen molar-refractivity contribution >= 4 is 21.9 Å². The molecule has 0 radical (unpaired) electrons. The van der Waals surface area contributed by atoms with Crippen molar-refractivity contribution in [2.24, 2.45) is 5.14 Å². The van der Waals surface area contributed by atoms with Crippen LogP contribution in [0.3, 0.4) is 0 Å². The van der Waals surface area contributed by atoms with E-state index in [1.54, 1.807) is 24.4 Å². The van der Waals surface area contributed by atoms with Gasteiger partial charge in [0.2, 0.25) is 10.0 Å². The number of nitrogens with zero attached hydrogens (tertiary/aromatic N) is 2. The highest BCUT2D eigenvalue weighted by atomic mass is 32.2. The Morgan fingerprint density at radius 1 is 1.53 bits per heavy atom. The fourth-order valence-corrected chi connectivity index (χ4v) is 3.05. The molecule has 3 N–H and O–H groups in total. The molecular weight excluding hydrogens is 268 g/mol. The van der Waals surface area contributed by atoms with Gasteiger partial charge in [-0.2, -0.15) is 0 Å². The van der Waals surface area contributed by atoms with Crippen LogP contribution >= 0.6 is 0 Å². The van der Waals surface area contributed by atoms with Gasteiger partial charge < -0.3 is 4.90 Å². The molecule has 1 aliphatic rings. The second kappa shape index (κ2) is 5.54. The normalized spacial score (nSPS) is 19.4. The Kier molecular flexibility index (Phi) is 4.01. The molecule has 2 amide bonds. The maximum atomic E-state index is 12.1. The Balaban J connectivity index is 2.02. The van der Waals surface area contributed by atoms with Crippen LogP contribution in [0.4, 0.5) is 10.6 Å². The lowest BCUT2D eigenvalue weighted by molar-refractivity contribution is 0.210. The zero-order valence-corrected chi connectivity index (χ0v) is 11.1. The van der Waals surface area contributed by atoms with E-state index in [0.717, 1.165) is 6.42 Å². The van der Waals surface area contributed by atoms with Crippen molar-refractivity contribution in [1.29, 1.82) is 0 Å². The van der Waals surface area contributed by atoms with Gasteiger partial charge in [-0.15, -0.1) is 0 Å². The summed E-state index contributed by atoms with van der Waals surface area (Å²) >= 11 is 0. The number of anilines is 1. The first kappa shape index (κ1) is 13.8. The molecule has 19 heavy (non-hydrogen) atoms. The van der Waals surface area contributed by atoms with Crippen molar-refractivity contribution < 1.29 is 13.2 Å². The molecule has 2 rings (SSSR count). The number of aromatic nitrogens is 1. The number of likely N-dealkylation sites (tertiary alicyclic amines) is 1. The molecule has 8 heteroatoms. The minimum atomic E-state index is -3.58. The van der Waals surface area contributed by atoms with E-state index in [4.69, 9.17) is 5.14 Å². The molecule has 0 saturated carbocycles. The first-order chi connectivity index (χ1) is 8.96. The molecule has 1 fully saturated rings. The largest absolute Gasteiger partial charge is 0.323 e. The van der Waals surface area contributed by atoms with Crippen LogP contribution in [0.1, 0.15) is 12.8 Å². The van der Waals surface area contributed by atoms with Crippen molar-refractivity contribution in [2.45, 2.75) is 18.9 Å². The molecule has 1 atom stereocenters. The van der Waals surface area contributed by atoms with Gasteiger partial charge in [-0.25, -0.2) is 23.3 Å². The van der Waals surface area contributed by atoms with E-state index < -0.39 is 10.0 Å². The Morgan fingerprint density at radius 3 is 2.95 bits per heavy atom. The Hall–Kier alpha value is -1.67. The summed E-state index contributed by atoms with van der Waals surface area (Å²) in [6.07, 6.45) is 2.99. The quantitative estimate of drug-likeness (QED) is 0.836. The Bertz CT molecular complexity index is 546. The fraction of sp³-hybridized carbons (Fsp3) is 0.455. The molecule has 0 aromatic carbocycles. The average Bonchev–Trinajstić information content (AvgIpc) is 2.76. The third-order valence-electron chi connectivity index (χ3n) is 2.96.